The number of nitrogens with one attached hydrogen (secondary N) is 1. The van der Waals surface area contributed by atoms with E-state index in [2.05, 4.69) is 10.3 Å². The van der Waals surface area contributed by atoms with Crippen molar-refractivity contribution in [3.63, 3.8) is 0 Å². The standard InChI is InChI=1S/C21H19N3O3/c1-15-6-8-16(9-7-15)20(26)17-4-2-3-5-18(17)21(27)23-12-13-24-14-22-11-10-19(24)25/h2-11,14H,12-13H2,1H3,(H,23,27). The quantitative estimate of drug-likeness (QED) is 0.683. The molecule has 0 bridgehead atoms. The Balaban J connectivity index is 1.74. The molecule has 2 aromatic carbocycles. The molecule has 0 aliphatic rings. The highest BCUT2D eigenvalue weighted by Gasteiger charge is 2.17. The molecule has 0 aliphatic carbocycles. The fourth-order valence-electron chi connectivity index (χ4n) is 2.67. The Morgan fingerprint density at radius 2 is 1.70 bits per heavy atom. The van der Waals surface area contributed by atoms with E-state index in [0.717, 1.165) is 5.56 Å². The Morgan fingerprint density at radius 1 is 1.00 bits per heavy atom. The Bertz CT molecular complexity index is 1020. The SMILES string of the molecule is Cc1ccc(C(=O)c2ccccc2C(=O)NCCn2cnccc2=O)cc1. The van der Waals surface area contributed by atoms with Crippen LogP contribution in [0.5, 0.6) is 0 Å². The summed E-state index contributed by atoms with van der Waals surface area (Å²) in [7, 11) is 0. The van der Waals surface area contributed by atoms with Crippen molar-refractivity contribution in [2.24, 2.45) is 0 Å². The number of amides is 1. The number of rotatable bonds is 6. The van der Waals surface area contributed by atoms with Gasteiger partial charge in [0.15, 0.2) is 5.78 Å². The number of hydrogen-bond acceptors (Lipinski definition) is 4. The maximum atomic E-state index is 12.8. The van der Waals surface area contributed by atoms with E-state index in [0.29, 0.717) is 23.2 Å². The largest absolute Gasteiger partial charge is 0.350 e. The second kappa shape index (κ2) is 8.23. The Morgan fingerprint density at radius 3 is 2.41 bits per heavy atom. The molecule has 0 aliphatic heterocycles. The first-order valence-corrected chi connectivity index (χ1v) is 8.55. The van der Waals surface area contributed by atoms with Crippen molar-refractivity contribution in [3.05, 3.63) is 99.7 Å². The van der Waals surface area contributed by atoms with Gasteiger partial charge in [-0.15, -0.1) is 0 Å². The van der Waals surface area contributed by atoms with E-state index in [1.165, 1.54) is 23.2 Å². The highest BCUT2D eigenvalue weighted by Crippen LogP contribution is 2.15. The van der Waals surface area contributed by atoms with Gasteiger partial charge in [-0.1, -0.05) is 48.0 Å². The molecule has 0 spiro atoms. The molecule has 6 nitrogen and oxygen atoms in total. The first kappa shape index (κ1) is 18.3. The molecule has 0 unspecified atom stereocenters. The van der Waals surface area contributed by atoms with Crippen molar-refractivity contribution in [2.45, 2.75) is 13.5 Å². The summed E-state index contributed by atoms with van der Waals surface area (Å²) >= 11 is 0. The Labute approximate surface area is 156 Å². The van der Waals surface area contributed by atoms with Crippen molar-refractivity contribution < 1.29 is 9.59 Å². The molecule has 1 heterocycles. The smallest absolute Gasteiger partial charge is 0.253 e. The van der Waals surface area contributed by atoms with Gasteiger partial charge in [-0.25, -0.2) is 4.98 Å². The average Bonchev–Trinajstić information content (AvgIpc) is 2.69. The summed E-state index contributed by atoms with van der Waals surface area (Å²) in [4.78, 5) is 40.9. The van der Waals surface area contributed by atoms with E-state index in [1.807, 2.05) is 19.1 Å². The number of benzene rings is 2. The highest BCUT2D eigenvalue weighted by atomic mass is 16.2. The molecule has 0 atom stereocenters. The van der Waals surface area contributed by atoms with E-state index >= 15 is 0 Å². The number of aryl methyl sites for hydroxylation is 1. The maximum absolute atomic E-state index is 12.8. The lowest BCUT2D eigenvalue weighted by Gasteiger charge is -2.10. The highest BCUT2D eigenvalue weighted by molar-refractivity contribution is 6.15. The van der Waals surface area contributed by atoms with Crippen LogP contribution in [0.1, 0.15) is 31.8 Å². The lowest BCUT2D eigenvalue weighted by atomic mass is 9.97. The van der Waals surface area contributed by atoms with E-state index in [9.17, 15) is 14.4 Å². The molecule has 136 valence electrons. The zero-order valence-corrected chi connectivity index (χ0v) is 14.9. The molecule has 1 N–H and O–H groups in total. The minimum Gasteiger partial charge on any atom is -0.350 e. The van der Waals surface area contributed by atoms with Crippen LogP contribution in [0, 0.1) is 6.92 Å². The molecular formula is C21H19N3O3. The van der Waals surface area contributed by atoms with Gasteiger partial charge < -0.3 is 5.32 Å². The molecule has 27 heavy (non-hydrogen) atoms. The lowest BCUT2D eigenvalue weighted by Crippen LogP contribution is -2.31. The Hall–Kier alpha value is -3.54. The van der Waals surface area contributed by atoms with Crippen LogP contribution < -0.4 is 10.9 Å². The van der Waals surface area contributed by atoms with E-state index in [-0.39, 0.29) is 23.8 Å². The van der Waals surface area contributed by atoms with E-state index < -0.39 is 0 Å². The van der Waals surface area contributed by atoms with Gasteiger partial charge in [0, 0.05) is 36.5 Å². The van der Waals surface area contributed by atoms with E-state index in [4.69, 9.17) is 0 Å². The second-order valence-electron chi connectivity index (χ2n) is 6.11. The van der Waals surface area contributed by atoms with Crippen LogP contribution in [0.4, 0.5) is 0 Å². The van der Waals surface area contributed by atoms with Crippen molar-refractivity contribution in [1.29, 1.82) is 0 Å². The summed E-state index contributed by atoms with van der Waals surface area (Å²) in [6.07, 6.45) is 2.84. The maximum Gasteiger partial charge on any atom is 0.253 e. The zero-order chi connectivity index (χ0) is 19.2. The minimum absolute atomic E-state index is 0.186. The van der Waals surface area contributed by atoms with Crippen LogP contribution in [0.15, 0.2) is 71.9 Å². The monoisotopic (exact) mass is 361 g/mol. The van der Waals surface area contributed by atoms with Gasteiger partial charge >= 0.3 is 0 Å². The van der Waals surface area contributed by atoms with Crippen molar-refractivity contribution >= 4 is 11.7 Å². The van der Waals surface area contributed by atoms with Gasteiger partial charge in [0.2, 0.25) is 0 Å². The summed E-state index contributed by atoms with van der Waals surface area (Å²) < 4.78 is 1.41. The van der Waals surface area contributed by atoms with Gasteiger partial charge in [-0.05, 0) is 13.0 Å². The van der Waals surface area contributed by atoms with Gasteiger partial charge in [0.25, 0.3) is 11.5 Å². The first-order chi connectivity index (χ1) is 13.1. The van der Waals surface area contributed by atoms with Crippen LogP contribution in [0.2, 0.25) is 0 Å². The number of carbonyl (C=O) groups excluding carboxylic acids is 2. The molecule has 6 heteroatoms. The number of ketones is 1. The number of nitrogens with zero attached hydrogens (tertiary/aromatic N) is 2. The van der Waals surface area contributed by atoms with Crippen molar-refractivity contribution in [1.82, 2.24) is 14.9 Å². The summed E-state index contributed by atoms with van der Waals surface area (Å²) in [5.41, 5.74) is 2.05. The van der Waals surface area contributed by atoms with Crippen molar-refractivity contribution in [2.75, 3.05) is 6.54 Å². The van der Waals surface area contributed by atoms with Gasteiger partial charge in [0.1, 0.15) is 0 Å². The third kappa shape index (κ3) is 4.36. The van der Waals surface area contributed by atoms with Gasteiger partial charge in [-0.3, -0.25) is 19.0 Å². The summed E-state index contributed by atoms with van der Waals surface area (Å²) in [5.74, 6) is -0.563. The average molecular weight is 361 g/mol. The minimum atomic E-state index is -0.358. The normalized spacial score (nSPS) is 10.4. The number of aromatic nitrogens is 2. The fourth-order valence-corrected chi connectivity index (χ4v) is 2.67. The zero-order valence-electron chi connectivity index (χ0n) is 14.9. The van der Waals surface area contributed by atoms with Gasteiger partial charge in [-0.2, -0.15) is 0 Å². The summed E-state index contributed by atoms with van der Waals surface area (Å²) in [5, 5.41) is 2.75. The summed E-state index contributed by atoms with van der Waals surface area (Å²) in [6, 6.07) is 15.3. The predicted molar refractivity (Wildman–Crippen MR) is 102 cm³/mol. The number of hydrogen-bond donors (Lipinski definition) is 1. The van der Waals surface area contributed by atoms with Crippen LogP contribution >= 0.6 is 0 Å². The fraction of sp³-hybridized carbons (Fsp3) is 0.143. The third-order valence-electron chi connectivity index (χ3n) is 4.16. The topological polar surface area (TPSA) is 81.1 Å². The molecule has 0 radical (unpaired) electrons. The molecule has 0 saturated carbocycles. The molecule has 1 amide bonds. The third-order valence-corrected chi connectivity index (χ3v) is 4.16. The Kier molecular flexibility index (Phi) is 5.56. The lowest BCUT2D eigenvalue weighted by molar-refractivity contribution is 0.0940. The van der Waals surface area contributed by atoms with Crippen LogP contribution in [-0.4, -0.2) is 27.8 Å². The summed E-state index contributed by atoms with van der Waals surface area (Å²) in [6.45, 7) is 2.49. The molecule has 0 saturated heterocycles. The molecule has 3 rings (SSSR count). The van der Waals surface area contributed by atoms with Crippen molar-refractivity contribution in [3.8, 4) is 0 Å². The van der Waals surface area contributed by atoms with Crippen LogP contribution in [0.3, 0.4) is 0 Å². The van der Waals surface area contributed by atoms with Crippen LogP contribution in [0.25, 0.3) is 0 Å². The predicted octanol–water partition coefficient (Wildman–Crippen LogP) is 2.21. The number of carbonyl (C=O) groups is 2. The van der Waals surface area contributed by atoms with Gasteiger partial charge in [0.05, 0.1) is 11.9 Å². The molecule has 0 fully saturated rings. The first-order valence-electron chi connectivity index (χ1n) is 8.55. The molecule has 3 aromatic rings. The molecule has 1 aromatic heterocycles. The molecular weight excluding hydrogens is 342 g/mol. The van der Waals surface area contributed by atoms with Crippen LogP contribution in [-0.2, 0) is 6.54 Å². The second-order valence-corrected chi connectivity index (χ2v) is 6.11. The van der Waals surface area contributed by atoms with E-state index in [1.54, 1.807) is 36.4 Å².